The van der Waals surface area contributed by atoms with Gasteiger partial charge in [0.25, 0.3) is 0 Å². The van der Waals surface area contributed by atoms with Gasteiger partial charge in [-0.15, -0.1) is 0 Å². The van der Waals surface area contributed by atoms with Crippen LogP contribution in [0.4, 0.5) is 0 Å². The van der Waals surface area contributed by atoms with Gasteiger partial charge in [0, 0.05) is 17.6 Å². The minimum atomic E-state index is 0.232. The number of ether oxygens (including phenoxy) is 1. The molecule has 0 amide bonds. The number of hydrogen-bond acceptors (Lipinski definition) is 2. The van der Waals surface area contributed by atoms with Gasteiger partial charge < -0.3 is 10.1 Å². The van der Waals surface area contributed by atoms with E-state index in [1.807, 2.05) is 0 Å². The van der Waals surface area contributed by atoms with Crippen LogP contribution >= 0.6 is 0 Å². The van der Waals surface area contributed by atoms with Crippen LogP contribution in [0.15, 0.2) is 42.5 Å². The fraction of sp³-hybridized carbons (Fsp3) is 0.368. The van der Waals surface area contributed by atoms with E-state index in [9.17, 15) is 0 Å². The van der Waals surface area contributed by atoms with Crippen molar-refractivity contribution in [3.05, 3.63) is 64.7 Å². The van der Waals surface area contributed by atoms with Crippen molar-refractivity contribution in [3.63, 3.8) is 0 Å². The van der Waals surface area contributed by atoms with Crippen LogP contribution in [0.25, 0.3) is 0 Å². The van der Waals surface area contributed by atoms with Gasteiger partial charge in [0.1, 0.15) is 5.75 Å². The third kappa shape index (κ3) is 3.64. The summed E-state index contributed by atoms with van der Waals surface area (Å²) in [7, 11) is 1.73. The summed E-state index contributed by atoms with van der Waals surface area (Å²) in [5, 5.41) is 3.67. The van der Waals surface area contributed by atoms with Gasteiger partial charge in [-0.1, -0.05) is 36.4 Å². The Kier molecular flexibility index (Phi) is 5.03. The number of nitrogens with one attached hydrogen (secondary N) is 1. The third-order valence-corrected chi connectivity index (χ3v) is 4.01. The van der Waals surface area contributed by atoms with Gasteiger partial charge in [0.2, 0.25) is 0 Å². The zero-order valence-corrected chi connectivity index (χ0v) is 13.6. The Morgan fingerprint density at radius 3 is 2.24 bits per heavy atom. The fourth-order valence-electron chi connectivity index (χ4n) is 2.80. The first-order chi connectivity index (χ1) is 10.0. The molecule has 0 aliphatic rings. The highest BCUT2D eigenvalue weighted by Gasteiger charge is 2.15. The Hall–Kier alpha value is -1.80. The Labute approximate surface area is 128 Å². The molecular weight excluding hydrogens is 258 g/mol. The first kappa shape index (κ1) is 15.6. The zero-order valence-electron chi connectivity index (χ0n) is 13.6. The summed E-state index contributed by atoms with van der Waals surface area (Å²) in [6.45, 7) is 8.63. The van der Waals surface area contributed by atoms with Crippen molar-refractivity contribution in [2.45, 2.75) is 39.8 Å². The highest BCUT2D eigenvalue weighted by molar-refractivity contribution is 5.39. The summed E-state index contributed by atoms with van der Waals surface area (Å²) in [4.78, 5) is 0. The highest BCUT2D eigenvalue weighted by atomic mass is 16.5. The van der Waals surface area contributed by atoms with Gasteiger partial charge >= 0.3 is 0 Å². The first-order valence-corrected chi connectivity index (χ1v) is 7.49. The summed E-state index contributed by atoms with van der Waals surface area (Å²) in [5.74, 6) is 0.951. The van der Waals surface area contributed by atoms with E-state index >= 15 is 0 Å². The molecule has 0 saturated carbocycles. The fourth-order valence-corrected chi connectivity index (χ4v) is 2.80. The van der Waals surface area contributed by atoms with E-state index in [-0.39, 0.29) is 6.04 Å². The van der Waals surface area contributed by atoms with Crippen molar-refractivity contribution in [2.24, 2.45) is 0 Å². The molecule has 2 atom stereocenters. The molecular formula is C19H25NO. The molecule has 0 fully saturated rings. The molecule has 2 aromatic rings. The van der Waals surface area contributed by atoms with Gasteiger partial charge in [-0.25, -0.2) is 0 Å². The van der Waals surface area contributed by atoms with E-state index in [0.29, 0.717) is 6.04 Å². The van der Waals surface area contributed by atoms with E-state index < -0.39 is 0 Å². The van der Waals surface area contributed by atoms with Crippen LogP contribution in [-0.2, 0) is 0 Å². The highest BCUT2D eigenvalue weighted by Crippen LogP contribution is 2.28. The van der Waals surface area contributed by atoms with Crippen LogP contribution in [0, 0.1) is 13.8 Å². The second-order valence-electron chi connectivity index (χ2n) is 5.71. The standard InChI is InChI=1S/C19H25NO/c1-13-10-11-18(19(12-13)21-5)16(4)20-15(3)17-9-7-6-8-14(17)2/h6-12,15-16,20H,1-5H3/t15-,16?/m0/s1. The molecule has 0 aliphatic heterocycles. The molecule has 1 N–H and O–H groups in total. The van der Waals surface area contributed by atoms with Crippen LogP contribution in [-0.4, -0.2) is 7.11 Å². The molecule has 2 nitrogen and oxygen atoms in total. The second kappa shape index (κ2) is 6.77. The van der Waals surface area contributed by atoms with Gasteiger partial charge in [-0.3, -0.25) is 0 Å². The van der Waals surface area contributed by atoms with E-state index in [1.54, 1.807) is 7.11 Å². The maximum Gasteiger partial charge on any atom is 0.123 e. The van der Waals surface area contributed by atoms with Crippen LogP contribution in [0.2, 0.25) is 0 Å². The Balaban J connectivity index is 2.18. The summed E-state index contributed by atoms with van der Waals surface area (Å²) in [5.41, 5.74) is 5.08. The average molecular weight is 283 g/mol. The number of hydrogen-bond donors (Lipinski definition) is 1. The van der Waals surface area contributed by atoms with Gasteiger partial charge in [-0.2, -0.15) is 0 Å². The average Bonchev–Trinajstić information content (AvgIpc) is 2.47. The quantitative estimate of drug-likeness (QED) is 0.857. The molecule has 2 rings (SSSR count). The molecule has 2 aromatic carbocycles. The summed E-state index contributed by atoms with van der Waals surface area (Å²) in [6, 6.07) is 15.4. The molecule has 0 radical (unpaired) electrons. The van der Waals surface area contributed by atoms with E-state index in [2.05, 4.69) is 75.5 Å². The predicted molar refractivity (Wildman–Crippen MR) is 88.9 cm³/mol. The molecule has 0 aliphatic carbocycles. The molecule has 2 heteroatoms. The minimum absolute atomic E-state index is 0.232. The molecule has 0 aromatic heterocycles. The van der Waals surface area contributed by atoms with Crippen molar-refractivity contribution in [1.82, 2.24) is 5.32 Å². The van der Waals surface area contributed by atoms with Crippen molar-refractivity contribution in [3.8, 4) is 5.75 Å². The lowest BCUT2D eigenvalue weighted by molar-refractivity contribution is 0.396. The monoisotopic (exact) mass is 283 g/mol. The Morgan fingerprint density at radius 2 is 1.57 bits per heavy atom. The minimum Gasteiger partial charge on any atom is -0.496 e. The Bertz CT molecular complexity index is 606. The van der Waals surface area contributed by atoms with E-state index in [4.69, 9.17) is 4.74 Å². The van der Waals surface area contributed by atoms with Gasteiger partial charge in [-0.05, 0) is 50.5 Å². The lowest BCUT2D eigenvalue weighted by Crippen LogP contribution is -2.23. The lowest BCUT2D eigenvalue weighted by atomic mass is 9.99. The van der Waals surface area contributed by atoms with Gasteiger partial charge in [0.05, 0.1) is 7.11 Å². The lowest BCUT2D eigenvalue weighted by Gasteiger charge is -2.23. The van der Waals surface area contributed by atoms with E-state index in [0.717, 1.165) is 5.75 Å². The van der Waals surface area contributed by atoms with Crippen molar-refractivity contribution < 1.29 is 4.74 Å². The van der Waals surface area contributed by atoms with Crippen LogP contribution in [0.5, 0.6) is 5.75 Å². The van der Waals surface area contributed by atoms with Crippen LogP contribution in [0.1, 0.15) is 48.2 Å². The van der Waals surface area contributed by atoms with Crippen molar-refractivity contribution in [1.29, 1.82) is 0 Å². The zero-order chi connectivity index (χ0) is 15.4. The second-order valence-corrected chi connectivity index (χ2v) is 5.71. The van der Waals surface area contributed by atoms with E-state index in [1.165, 1.54) is 22.3 Å². The number of aryl methyl sites for hydroxylation is 2. The van der Waals surface area contributed by atoms with Crippen molar-refractivity contribution in [2.75, 3.05) is 7.11 Å². The molecule has 0 bridgehead atoms. The molecule has 0 heterocycles. The number of methoxy groups -OCH3 is 1. The third-order valence-electron chi connectivity index (χ3n) is 4.01. The number of benzene rings is 2. The smallest absolute Gasteiger partial charge is 0.123 e. The summed E-state index contributed by atoms with van der Waals surface area (Å²) in [6.07, 6.45) is 0. The SMILES string of the molecule is COc1cc(C)ccc1C(C)N[C@@H](C)c1ccccc1C. The normalized spacial score (nSPS) is 13.8. The van der Waals surface area contributed by atoms with Crippen LogP contribution < -0.4 is 10.1 Å². The van der Waals surface area contributed by atoms with Crippen LogP contribution in [0.3, 0.4) is 0 Å². The Morgan fingerprint density at radius 1 is 0.905 bits per heavy atom. The molecule has 112 valence electrons. The summed E-state index contributed by atoms with van der Waals surface area (Å²) >= 11 is 0. The topological polar surface area (TPSA) is 21.3 Å². The molecule has 0 spiro atoms. The van der Waals surface area contributed by atoms with Gasteiger partial charge in [0.15, 0.2) is 0 Å². The largest absolute Gasteiger partial charge is 0.496 e. The number of rotatable bonds is 5. The summed E-state index contributed by atoms with van der Waals surface area (Å²) < 4.78 is 5.52. The first-order valence-electron chi connectivity index (χ1n) is 7.49. The maximum atomic E-state index is 5.52. The molecule has 1 unspecified atom stereocenters. The molecule has 21 heavy (non-hydrogen) atoms. The molecule has 0 saturated heterocycles. The predicted octanol–water partition coefficient (Wildman–Crippen LogP) is 4.72. The maximum absolute atomic E-state index is 5.52. The van der Waals surface area contributed by atoms with Crippen molar-refractivity contribution >= 4 is 0 Å².